The molecule has 0 N–H and O–H groups in total. The molecule has 0 bridgehead atoms. The van der Waals surface area contributed by atoms with E-state index < -0.39 is 17.6 Å². The van der Waals surface area contributed by atoms with Crippen molar-refractivity contribution < 1.29 is 13.9 Å². The number of esters is 1. The third kappa shape index (κ3) is 3.25. The molecule has 0 spiro atoms. The van der Waals surface area contributed by atoms with Crippen LogP contribution in [0.1, 0.15) is 25.5 Å². The van der Waals surface area contributed by atoms with Crippen LogP contribution in [0.25, 0.3) is 11.2 Å². The number of benzene rings is 1. The van der Waals surface area contributed by atoms with Gasteiger partial charge in [0.15, 0.2) is 11.2 Å². The molecule has 3 rings (SSSR count). The number of fused-ring (bicyclic) bond motifs is 1. The molecule has 1 atom stereocenters. The quantitative estimate of drug-likeness (QED) is 0.647. The van der Waals surface area contributed by atoms with Gasteiger partial charge in [-0.2, -0.15) is 0 Å². The number of ether oxygens (including phenoxy) is 1. The van der Waals surface area contributed by atoms with E-state index in [9.17, 15) is 14.0 Å². The number of carbonyl (C=O) groups is 1. The van der Waals surface area contributed by atoms with E-state index in [2.05, 4.69) is 15.3 Å². The molecular formula is C16H16FN5O3. The lowest BCUT2D eigenvalue weighted by molar-refractivity contribution is -0.146. The van der Waals surface area contributed by atoms with Gasteiger partial charge in [0.25, 0.3) is 5.56 Å². The van der Waals surface area contributed by atoms with Crippen molar-refractivity contribution >= 4 is 17.1 Å². The third-order valence-corrected chi connectivity index (χ3v) is 3.74. The van der Waals surface area contributed by atoms with Gasteiger partial charge in [-0.15, -0.1) is 5.10 Å². The molecule has 130 valence electrons. The lowest BCUT2D eigenvalue weighted by Crippen LogP contribution is -2.29. The molecule has 0 amide bonds. The van der Waals surface area contributed by atoms with Gasteiger partial charge in [-0.3, -0.25) is 9.36 Å². The SMILES string of the molecule is CCOC(=O)C(C)n1cnc2c(nnn2Cc2ccc(F)cc2)c1=O. The maximum absolute atomic E-state index is 13.0. The van der Waals surface area contributed by atoms with Crippen LogP contribution in [0.3, 0.4) is 0 Å². The van der Waals surface area contributed by atoms with Crippen molar-refractivity contribution in [3.05, 3.63) is 52.3 Å². The van der Waals surface area contributed by atoms with Crippen molar-refractivity contribution in [2.75, 3.05) is 6.61 Å². The van der Waals surface area contributed by atoms with Crippen LogP contribution in [0.15, 0.2) is 35.4 Å². The summed E-state index contributed by atoms with van der Waals surface area (Å²) in [4.78, 5) is 28.6. The van der Waals surface area contributed by atoms with Gasteiger partial charge in [0.05, 0.1) is 13.2 Å². The van der Waals surface area contributed by atoms with Crippen LogP contribution in [0.5, 0.6) is 0 Å². The Hall–Kier alpha value is -3.10. The molecule has 0 radical (unpaired) electrons. The highest BCUT2D eigenvalue weighted by Crippen LogP contribution is 2.11. The van der Waals surface area contributed by atoms with Crippen molar-refractivity contribution in [1.29, 1.82) is 0 Å². The summed E-state index contributed by atoms with van der Waals surface area (Å²) in [6, 6.07) is 5.11. The van der Waals surface area contributed by atoms with Gasteiger partial charge < -0.3 is 4.74 Å². The lowest BCUT2D eigenvalue weighted by atomic mass is 10.2. The molecule has 25 heavy (non-hydrogen) atoms. The smallest absolute Gasteiger partial charge is 0.328 e. The number of hydrogen-bond acceptors (Lipinski definition) is 6. The van der Waals surface area contributed by atoms with Gasteiger partial charge in [0, 0.05) is 0 Å². The monoisotopic (exact) mass is 345 g/mol. The first-order valence-electron chi connectivity index (χ1n) is 7.72. The number of halogens is 1. The van der Waals surface area contributed by atoms with Gasteiger partial charge in [0.1, 0.15) is 18.2 Å². The van der Waals surface area contributed by atoms with E-state index in [4.69, 9.17) is 4.74 Å². The zero-order valence-electron chi connectivity index (χ0n) is 13.7. The van der Waals surface area contributed by atoms with Gasteiger partial charge in [-0.1, -0.05) is 17.3 Å². The summed E-state index contributed by atoms with van der Waals surface area (Å²) < 4.78 is 20.5. The van der Waals surface area contributed by atoms with Gasteiger partial charge in [-0.25, -0.2) is 18.9 Å². The molecule has 8 nitrogen and oxygen atoms in total. The highest BCUT2D eigenvalue weighted by molar-refractivity contribution is 5.74. The molecule has 1 unspecified atom stereocenters. The molecule has 1 aromatic carbocycles. The average molecular weight is 345 g/mol. The zero-order chi connectivity index (χ0) is 18.0. The molecule has 0 aliphatic rings. The summed E-state index contributed by atoms with van der Waals surface area (Å²) >= 11 is 0. The minimum atomic E-state index is -0.813. The first kappa shape index (κ1) is 16.7. The van der Waals surface area contributed by atoms with E-state index in [0.29, 0.717) is 12.2 Å². The Morgan fingerprint density at radius 1 is 1.32 bits per heavy atom. The molecule has 0 saturated carbocycles. The molecule has 0 fully saturated rings. The fraction of sp³-hybridized carbons (Fsp3) is 0.312. The maximum atomic E-state index is 13.0. The molecular weight excluding hydrogens is 329 g/mol. The Bertz CT molecular complexity index is 964. The van der Waals surface area contributed by atoms with E-state index in [1.165, 1.54) is 23.1 Å². The molecule has 0 saturated heterocycles. The fourth-order valence-electron chi connectivity index (χ4n) is 2.39. The summed E-state index contributed by atoms with van der Waals surface area (Å²) in [5.74, 6) is -0.856. The first-order valence-corrected chi connectivity index (χ1v) is 7.72. The van der Waals surface area contributed by atoms with Crippen molar-refractivity contribution in [3.8, 4) is 0 Å². The highest BCUT2D eigenvalue weighted by atomic mass is 19.1. The van der Waals surface area contributed by atoms with Crippen LogP contribution in [-0.4, -0.2) is 37.1 Å². The number of rotatable bonds is 5. The highest BCUT2D eigenvalue weighted by Gasteiger charge is 2.20. The Labute approximate surface area is 141 Å². The Balaban J connectivity index is 1.95. The summed E-state index contributed by atoms with van der Waals surface area (Å²) in [6.07, 6.45) is 1.27. The number of carbonyl (C=O) groups excluding carboxylic acids is 1. The normalized spacial score (nSPS) is 12.3. The zero-order valence-corrected chi connectivity index (χ0v) is 13.7. The standard InChI is InChI=1S/C16H16FN5O3/c1-3-25-16(24)10(2)21-9-18-14-13(15(21)23)19-20-22(14)8-11-4-6-12(17)7-5-11/h4-7,9-10H,3,8H2,1-2H3. The lowest BCUT2D eigenvalue weighted by Gasteiger charge is -2.12. The third-order valence-electron chi connectivity index (χ3n) is 3.74. The maximum Gasteiger partial charge on any atom is 0.328 e. The second-order valence-electron chi connectivity index (χ2n) is 5.43. The van der Waals surface area contributed by atoms with Crippen molar-refractivity contribution in [2.45, 2.75) is 26.4 Å². The molecule has 2 aromatic heterocycles. The second-order valence-corrected chi connectivity index (χ2v) is 5.43. The first-order chi connectivity index (χ1) is 12.0. The Kier molecular flexibility index (Phi) is 4.55. The number of nitrogens with zero attached hydrogens (tertiary/aromatic N) is 5. The second kappa shape index (κ2) is 6.80. The van der Waals surface area contributed by atoms with Crippen LogP contribution >= 0.6 is 0 Å². The summed E-state index contributed by atoms with van der Waals surface area (Å²) in [5.41, 5.74) is 0.664. The molecule has 2 heterocycles. The molecule has 9 heteroatoms. The minimum Gasteiger partial charge on any atom is -0.464 e. The van der Waals surface area contributed by atoms with Crippen LogP contribution in [0.4, 0.5) is 4.39 Å². The van der Waals surface area contributed by atoms with Crippen LogP contribution in [0.2, 0.25) is 0 Å². The number of hydrogen-bond donors (Lipinski definition) is 0. The minimum absolute atomic E-state index is 0.0563. The van der Waals surface area contributed by atoms with Crippen LogP contribution < -0.4 is 5.56 Å². The molecule has 3 aromatic rings. The summed E-state index contributed by atoms with van der Waals surface area (Å²) in [5, 5.41) is 7.81. The predicted octanol–water partition coefficient (Wildman–Crippen LogP) is 1.30. The van der Waals surface area contributed by atoms with Gasteiger partial charge in [0.2, 0.25) is 0 Å². The number of aromatic nitrogens is 5. The summed E-state index contributed by atoms with van der Waals surface area (Å²) in [7, 11) is 0. The van der Waals surface area contributed by atoms with Crippen molar-refractivity contribution in [2.24, 2.45) is 0 Å². The fourth-order valence-corrected chi connectivity index (χ4v) is 2.39. The van der Waals surface area contributed by atoms with Gasteiger partial charge >= 0.3 is 5.97 Å². The Morgan fingerprint density at radius 2 is 2.04 bits per heavy atom. The van der Waals surface area contributed by atoms with Crippen molar-refractivity contribution in [3.63, 3.8) is 0 Å². The predicted molar refractivity (Wildman–Crippen MR) is 86.4 cm³/mol. The average Bonchev–Trinajstić information content (AvgIpc) is 3.01. The van der Waals surface area contributed by atoms with Crippen LogP contribution in [0, 0.1) is 5.82 Å². The Morgan fingerprint density at radius 3 is 2.72 bits per heavy atom. The van der Waals surface area contributed by atoms with Crippen LogP contribution in [-0.2, 0) is 16.1 Å². The van der Waals surface area contributed by atoms with E-state index >= 15 is 0 Å². The topological polar surface area (TPSA) is 91.9 Å². The molecule has 0 aliphatic carbocycles. The van der Waals surface area contributed by atoms with E-state index in [1.807, 2.05) is 0 Å². The van der Waals surface area contributed by atoms with E-state index in [1.54, 1.807) is 26.0 Å². The summed E-state index contributed by atoms with van der Waals surface area (Å²) in [6.45, 7) is 3.76. The largest absolute Gasteiger partial charge is 0.464 e. The van der Waals surface area contributed by atoms with Crippen molar-refractivity contribution in [1.82, 2.24) is 24.5 Å². The molecule has 0 aliphatic heterocycles. The van der Waals surface area contributed by atoms with E-state index in [-0.39, 0.29) is 17.9 Å². The van der Waals surface area contributed by atoms with Gasteiger partial charge in [-0.05, 0) is 31.5 Å². The van der Waals surface area contributed by atoms with E-state index in [0.717, 1.165) is 10.1 Å².